The minimum absolute atomic E-state index is 0.116. The Bertz CT molecular complexity index is 551. The summed E-state index contributed by atoms with van der Waals surface area (Å²) in [6, 6.07) is 3.70. The number of halogens is 2. The first-order valence-electron chi connectivity index (χ1n) is 4.41. The fourth-order valence-corrected chi connectivity index (χ4v) is 2.08. The number of benzene rings is 1. The van der Waals surface area contributed by atoms with Crippen LogP contribution in [0.15, 0.2) is 23.6 Å². The largest absolute Gasteiger partial charge is 0.396 e. The van der Waals surface area contributed by atoms with E-state index in [0.29, 0.717) is 16.7 Å². The third kappa shape index (κ3) is 1.69. The number of hydrogen-bond acceptors (Lipinski definition) is 3. The van der Waals surface area contributed by atoms with E-state index in [1.165, 1.54) is 17.5 Å². The maximum Gasteiger partial charge on any atom is 0.160 e. The van der Waals surface area contributed by atoms with Crippen LogP contribution in [0.2, 0.25) is 0 Å². The van der Waals surface area contributed by atoms with Crippen molar-refractivity contribution in [3.63, 3.8) is 0 Å². The third-order valence-electron chi connectivity index (χ3n) is 2.15. The summed E-state index contributed by atoms with van der Waals surface area (Å²) in [5.41, 5.74) is 5.38. The molecule has 0 aliphatic carbocycles. The summed E-state index contributed by atoms with van der Waals surface area (Å²) >= 11 is 1.13. The second-order valence-corrected chi connectivity index (χ2v) is 4.12. The van der Waals surface area contributed by atoms with Gasteiger partial charge in [0.25, 0.3) is 0 Å². The van der Waals surface area contributed by atoms with Crippen molar-refractivity contribution in [1.82, 2.24) is 0 Å². The summed E-state index contributed by atoms with van der Waals surface area (Å²) in [5.74, 6) is -1.49. The predicted octanol–water partition coefficient (Wildman–Crippen LogP) is 3.09. The summed E-state index contributed by atoms with van der Waals surface area (Å²) in [7, 11) is 0. The van der Waals surface area contributed by atoms with Crippen molar-refractivity contribution < 1.29 is 13.6 Å². The van der Waals surface area contributed by atoms with E-state index < -0.39 is 11.6 Å². The zero-order valence-electron chi connectivity index (χ0n) is 8.04. The van der Waals surface area contributed by atoms with Gasteiger partial charge >= 0.3 is 0 Å². The second kappa shape index (κ2) is 4.02. The molecule has 0 radical (unpaired) electrons. The van der Waals surface area contributed by atoms with Gasteiger partial charge in [-0.15, -0.1) is 11.3 Å². The van der Waals surface area contributed by atoms with Crippen molar-refractivity contribution in [2.45, 2.75) is 0 Å². The van der Waals surface area contributed by atoms with E-state index in [4.69, 9.17) is 5.73 Å². The van der Waals surface area contributed by atoms with Crippen LogP contribution in [-0.2, 0) is 0 Å². The zero-order valence-corrected chi connectivity index (χ0v) is 8.85. The lowest BCUT2D eigenvalue weighted by Crippen LogP contribution is -1.95. The van der Waals surface area contributed by atoms with Crippen LogP contribution in [-0.4, -0.2) is 6.29 Å². The average molecular weight is 239 g/mol. The molecule has 1 heterocycles. The number of rotatable bonds is 2. The summed E-state index contributed by atoms with van der Waals surface area (Å²) < 4.78 is 27.1. The Labute approximate surface area is 94.3 Å². The van der Waals surface area contributed by atoms with Gasteiger partial charge in [-0.2, -0.15) is 0 Å². The van der Waals surface area contributed by atoms with E-state index in [1.807, 2.05) is 0 Å². The fourth-order valence-electron chi connectivity index (χ4n) is 1.38. The molecule has 2 aromatic rings. The molecule has 1 aromatic carbocycles. The van der Waals surface area contributed by atoms with Gasteiger partial charge in [0.1, 0.15) is 5.82 Å². The Balaban J connectivity index is 2.63. The van der Waals surface area contributed by atoms with Crippen molar-refractivity contribution in [3.8, 4) is 11.1 Å². The Morgan fingerprint density at radius 3 is 2.69 bits per heavy atom. The van der Waals surface area contributed by atoms with Gasteiger partial charge in [-0.05, 0) is 29.1 Å². The molecular weight excluding hydrogens is 232 g/mol. The highest BCUT2D eigenvalue weighted by Gasteiger charge is 2.15. The molecule has 0 spiro atoms. The maximum atomic E-state index is 13.6. The van der Waals surface area contributed by atoms with E-state index in [-0.39, 0.29) is 11.3 Å². The molecule has 0 amide bonds. The van der Waals surface area contributed by atoms with Gasteiger partial charge in [-0.25, -0.2) is 8.78 Å². The number of aldehydes is 1. The quantitative estimate of drug-likeness (QED) is 0.646. The number of carbonyl (C=O) groups excluding carboxylic acids is 1. The van der Waals surface area contributed by atoms with Crippen molar-refractivity contribution in [2.24, 2.45) is 0 Å². The van der Waals surface area contributed by atoms with E-state index >= 15 is 0 Å². The fraction of sp³-hybridized carbons (Fsp3) is 0. The minimum atomic E-state index is -0.796. The van der Waals surface area contributed by atoms with Gasteiger partial charge in [0.15, 0.2) is 12.1 Å². The maximum absolute atomic E-state index is 13.6. The van der Waals surface area contributed by atoms with Crippen LogP contribution in [0.4, 0.5) is 14.5 Å². The molecule has 0 aliphatic rings. The molecule has 0 saturated carbocycles. The lowest BCUT2D eigenvalue weighted by atomic mass is 10.1. The molecule has 2 rings (SSSR count). The number of nitrogen functional groups attached to an aromatic ring is 1. The van der Waals surface area contributed by atoms with Crippen LogP contribution < -0.4 is 5.73 Å². The first-order valence-corrected chi connectivity index (χ1v) is 5.29. The van der Waals surface area contributed by atoms with Crippen molar-refractivity contribution in [1.29, 1.82) is 0 Å². The van der Waals surface area contributed by atoms with E-state index in [2.05, 4.69) is 0 Å². The van der Waals surface area contributed by atoms with Gasteiger partial charge in [-0.3, -0.25) is 4.79 Å². The molecule has 82 valence electrons. The van der Waals surface area contributed by atoms with Gasteiger partial charge < -0.3 is 5.73 Å². The van der Waals surface area contributed by atoms with Crippen LogP contribution in [0.25, 0.3) is 11.1 Å². The summed E-state index contributed by atoms with van der Waals surface area (Å²) in [6.07, 6.45) is 0.635. The molecule has 2 N–H and O–H groups in total. The first-order chi connectivity index (χ1) is 7.63. The average Bonchev–Trinajstić information content (AvgIpc) is 2.73. The van der Waals surface area contributed by atoms with Gasteiger partial charge in [0.05, 0.1) is 16.1 Å². The second-order valence-electron chi connectivity index (χ2n) is 3.18. The van der Waals surface area contributed by atoms with E-state index in [1.54, 1.807) is 0 Å². The molecule has 5 heteroatoms. The Morgan fingerprint density at radius 1 is 1.31 bits per heavy atom. The normalized spacial score (nSPS) is 10.4. The SMILES string of the molecule is Nc1ccc(F)c(-c2csc(C=O)c2)c1F. The smallest absolute Gasteiger partial charge is 0.160 e. The Hall–Kier alpha value is -1.75. The molecule has 0 unspecified atom stereocenters. The van der Waals surface area contributed by atoms with Crippen LogP contribution in [0.5, 0.6) is 0 Å². The first kappa shape index (κ1) is 10.8. The van der Waals surface area contributed by atoms with Gasteiger partial charge in [0.2, 0.25) is 0 Å². The molecule has 1 aromatic heterocycles. The molecular formula is C11H7F2NOS. The monoisotopic (exact) mass is 239 g/mol. The van der Waals surface area contributed by atoms with Crippen LogP contribution in [0.3, 0.4) is 0 Å². The standard InChI is InChI=1S/C11H7F2NOS/c12-8-1-2-9(14)11(13)10(8)6-3-7(4-15)16-5-6/h1-5H,14H2. The van der Waals surface area contributed by atoms with E-state index in [0.717, 1.165) is 17.4 Å². The third-order valence-corrected chi connectivity index (χ3v) is 3.00. The summed E-state index contributed by atoms with van der Waals surface area (Å²) in [4.78, 5) is 10.9. The highest BCUT2D eigenvalue weighted by Crippen LogP contribution is 2.31. The molecule has 2 nitrogen and oxygen atoms in total. The predicted molar refractivity (Wildman–Crippen MR) is 59.5 cm³/mol. The van der Waals surface area contributed by atoms with Crippen LogP contribution in [0.1, 0.15) is 9.67 Å². The Kier molecular flexibility index (Phi) is 2.70. The summed E-state index contributed by atoms with van der Waals surface area (Å²) in [6.45, 7) is 0. The molecule has 0 saturated heterocycles. The lowest BCUT2D eigenvalue weighted by molar-refractivity contribution is 0.112. The molecule has 0 atom stereocenters. The zero-order chi connectivity index (χ0) is 11.7. The minimum Gasteiger partial charge on any atom is -0.396 e. The molecule has 16 heavy (non-hydrogen) atoms. The summed E-state index contributed by atoms with van der Waals surface area (Å²) in [5, 5.41) is 1.52. The molecule has 0 bridgehead atoms. The van der Waals surface area contributed by atoms with Gasteiger partial charge in [-0.1, -0.05) is 0 Å². The van der Waals surface area contributed by atoms with E-state index in [9.17, 15) is 13.6 Å². The molecule has 0 aliphatic heterocycles. The van der Waals surface area contributed by atoms with Crippen molar-refractivity contribution in [3.05, 3.63) is 40.1 Å². The number of carbonyl (C=O) groups is 1. The number of thiophene rings is 1. The number of nitrogens with two attached hydrogens (primary N) is 1. The van der Waals surface area contributed by atoms with Crippen LogP contribution in [0, 0.1) is 11.6 Å². The highest BCUT2D eigenvalue weighted by atomic mass is 32.1. The number of hydrogen-bond donors (Lipinski definition) is 1. The van der Waals surface area contributed by atoms with Gasteiger partial charge in [0, 0.05) is 0 Å². The topological polar surface area (TPSA) is 43.1 Å². The highest BCUT2D eigenvalue weighted by molar-refractivity contribution is 7.12. The van der Waals surface area contributed by atoms with Crippen molar-refractivity contribution in [2.75, 3.05) is 5.73 Å². The van der Waals surface area contributed by atoms with Crippen molar-refractivity contribution >= 4 is 23.3 Å². The molecule has 0 fully saturated rings. The Morgan fingerprint density at radius 2 is 2.06 bits per heavy atom. The lowest BCUT2D eigenvalue weighted by Gasteiger charge is -2.04. The van der Waals surface area contributed by atoms with Crippen LogP contribution >= 0.6 is 11.3 Å². The number of anilines is 1.